The molecule has 0 saturated carbocycles. The van der Waals surface area contributed by atoms with E-state index in [2.05, 4.69) is 44.2 Å². The van der Waals surface area contributed by atoms with Gasteiger partial charge in [-0.15, -0.1) is 0 Å². The highest BCUT2D eigenvalue weighted by Gasteiger charge is 2.23. The van der Waals surface area contributed by atoms with E-state index in [1.165, 1.54) is 11.8 Å². The van der Waals surface area contributed by atoms with E-state index in [9.17, 15) is 4.79 Å². The maximum atomic E-state index is 12.1. The molecular formula is C19H25N5O. The number of hydrogen-bond acceptors (Lipinski definition) is 5. The SMILES string of the molecule is CCc1ccc(CN2CC[C@@H](CNC(=O)c3cnc(C)cn3)C2)nc1. The Kier molecular flexibility index (Phi) is 5.71. The molecule has 1 fully saturated rings. The second-order valence-electron chi connectivity index (χ2n) is 6.65. The van der Waals surface area contributed by atoms with Crippen LogP contribution in [-0.2, 0) is 13.0 Å². The molecule has 6 nitrogen and oxygen atoms in total. The average Bonchev–Trinajstić information content (AvgIpc) is 3.08. The number of hydrogen-bond donors (Lipinski definition) is 1. The number of aromatic nitrogens is 3. The summed E-state index contributed by atoms with van der Waals surface area (Å²) in [4.78, 5) is 27.3. The average molecular weight is 339 g/mol. The summed E-state index contributed by atoms with van der Waals surface area (Å²) >= 11 is 0. The molecule has 0 bridgehead atoms. The Morgan fingerprint density at radius 2 is 2.12 bits per heavy atom. The standard InChI is InChI=1S/C19H25N5O/c1-3-15-4-5-17(21-9-15)13-24-7-6-16(12-24)10-23-19(25)18-11-20-14(2)8-22-18/h4-5,8-9,11,16H,3,6-7,10,12-13H2,1-2H3,(H,23,25)/t16-/m0/s1. The number of aryl methyl sites for hydroxylation is 2. The van der Waals surface area contributed by atoms with Crippen molar-refractivity contribution < 1.29 is 4.79 Å². The number of amides is 1. The molecule has 3 heterocycles. The Morgan fingerprint density at radius 3 is 2.80 bits per heavy atom. The lowest BCUT2D eigenvalue weighted by atomic mass is 10.1. The van der Waals surface area contributed by atoms with Crippen molar-refractivity contribution in [1.29, 1.82) is 0 Å². The molecule has 0 unspecified atom stereocenters. The third kappa shape index (κ3) is 4.82. The second kappa shape index (κ2) is 8.16. The van der Waals surface area contributed by atoms with Crippen molar-refractivity contribution in [2.75, 3.05) is 19.6 Å². The summed E-state index contributed by atoms with van der Waals surface area (Å²) < 4.78 is 0. The predicted molar refractivity (Wildman–Crippen MR) is 96.1 cm³/mol. The van der Waals surface area contributed by atoms with Gasteiger partial charge in [0.1, 0.15) is 5.69 Å². The molecule has 3 rings (SSSR count). The number of nitrogens with zero attached hydrogens (tertiary/aromatic N) is 4. The number of carbonyl (C=O) groups is 1. The quantitative estimate of drug-likeness (QED) is 0.871. The maximum Gasteiger partial charge on any atom is 0.271 e. The summed E-state index contributed by atoms with van der Waals surface area (Å²) in [5.41, 5.74) is 3.56. The first-order valence-electron chi connectivity index (χ1n) is 8.87. The van der Waals surface area contributed by atoms with E-state index in [-0.39, 0.29) is 5.91 Å². The Morgan fingerprint density at radius 1 is 1.24 bits per heavy atom. The molecular weight excluding hydrogens is 314 g/mol. The van der Waals surface area contributed by atoms with Gasteiger partial charge in [-0.3, -0.25) is 19.7 Å². The van der Waals surface area contributed by atoms with E-state index in [4.69, 9.17) is 0 Å². The van der Waals surface area contributed by atoms with Crippen molar-refractivity contribution >= 4 is 5.91 Å². The first-order valence-corrected chi connectivity index (χ1v) is 8.87. The van der Waals surface area contributed by atoms with Gasteiger partial charge < -0.3 is 5.32 Å². The van der Waals surface area contributed by atoms with Crippen LogP contribution >= 0.6 is 0 Å². The fourth-order valence-corrected chi connectivity index (χ4v) is 3.05. The van der Waals surface area contributed by atoms with Gasteiger partial charge >= 0.3 is 0 Å². The number of likely N-dealkylation sites (tertiary alicyclic amines) is 1. The Hall–Kier alpha value is -2.34. The fourth-order valence-electron chi connectivity index (χ4n) is 3.05. The smallest absolute Gasteiger partial charge is 0.271 e. The van der Waals surface area contributed by atoms with Gasteiger partial charge in [0.05, 0.1) is 17.6 Å². The molecule has 0 radical (unpaired) electrons. The van der Waals surface area contributed by atoms with Gasteiger partial charge in [-0.25, -0.2) is 4.98 Å². The van der Waals surface area contributed by atoms with Gasteiger partial charge in [0.25, 0.3) is 5.91 Å². The van der Waals surface area contributed by atoms with Gasteiger partial charge in [0, 0.05) is 32.0 Å². The van der Waals surface area contributed by atoms with E-state index in [1.54, 1.807) is 6.20 Å². The lowest BCUT2D eigenvalue weighted by Crippen LogP contribution is -2.31. The van der Waals surface area contributed by atoms with E-state index < -0.39 is 0 Å². The molecule has 0 aliphatic carbocycles. The molecule has 1 aliphatic heterocycles. The van der Waals surface area contributed by atoms with Gasteiger partial charge in [-0.2, -0.15) is 0 Å². The van der Waals surface area contributed by atoms with Gasteiger partial charge in [0.15, 0.2) is 0 Å². The van der Waals surface area contributed by atoms with Crippen LogP contribution in [0.15, 0.2) is 30.7 Å². The Balaban J connectivity index is 1.44. The predicted octanol–water partition coefficient (Wildman–Crippen LogP) is 1.99. The Labute approximate surface area is 148 Å². The Bertz CT molecular complexity index is 699. The van der Waals surface area contributed by atoms with Crippen molar-refractivity contribution in [2.24, 2.45) is 5.92 Å². The van der Waals surface area contributed by atoms with Crippen LogP contribution in [0.4, 0.5) is 0 Å². The number of nitrogens with one attached hydrogen (secondary N) is 1. The minimum Gasteiger partial charge on any atom is -0.350 e. The zero-order chi connectivity index (χ0) is 17.6. The fraction of sp³-hybridized carbons (Fsp3) is 0.474. The van der Waals surface area contributed by atoms with Crippen LogP contribution in [0, 0.1) is 12.8 Å². The van der Waals surface area contributed by atoms with Crippen molar-refractivity contribution in [3.63, 3.8) is 0 Å². The summed E-state index contributed by atoms with van der Waals surface area (Å²) in [6.45, 7) is 7.56. The maximum absolute atomic E-state index is 12.1. The third-order valence-electron chi connectivity index (χ3n) is 4.61. The number of carbonyl (C=O) groups excluding carboxylic acids is 1. The highest BCUT2D eigenvalue weighted by Crippen LogP contribution is 2.17. The zero-order valence-corrected chi connectivity index (χ0v) is 14.9. The first kappa shape index (κ1) is 17.5. The molecule has 2 aromatic rings. The summed E-state index contributed by atoms with van der Waals surface area (Å²) in [6, 6.07) is 4.27. The van der Waals surface area contributed by atoms with Gasteiger partial charge in [0.2, 0.25) is 0 Å². The van der Waals surface area contributed by atoms with Crippen molar-refractivity contribution in [1.82, 2.24) is 25.2 Å². The molecule has 1 amide bonds. The monoisotopic (exact) mass is 339 g/mol. The highest BCUT2D eigenvalue weighted by molar-refractivity contribution is 5.91. The summed E-state index contributed by atoms with van der Waals surface area (Å²) in [5, 5.41) is 2.98. The van der Waals surface area contributed by atoms with Crippen LogP contribution in [0.5, 0.6) is 0 Å². The van der Waals surface area contributed by atoms with Crippen LogP contribution in [0.1, 0.15) is 40.8 Å². The van der Waals surface area contributed by atoms with Crippen molar-refractivity contribution in [3.8, 4) is 0 Å². The van der Waals surface area contributed by atoms with Crippen LogP contribution in [0.25, 0.3) is 0 Å². The lowest BCUT2D eigenvalue weighted by molar-refractivity contribution is 0.0942. The first-order chi connectivity index (χ1) is 12.1. The molecule has 0 spiro atoms. The molecule has 2 aromatic heterocycles. The second-order valence-corrected chi connectivity index (χ2v) is 6.65. The lowest BCUT2D eigenvalue weighted by Gasteiger charge is -2.16. The zero-order valence-electron chi connectivity index (χ0n) is 14.9. The number of pyridine rings is 1. The minimum absolute atomic E-state index is 0.150. The third-order valence-corrected chi connectivity index (χ3v) is 4.61. The summed E-state index contributed by atoms with van der Waals surface area (Å²) in [7, 11) is 0. The molecule has 1 aliphatic rings. The van der Waals surface area contributed by atoms with Crippen molar-refractivity contribution in [3.05, 3.63) is 53.4 Å². The highest BCUT2D eigenvalue weighted by atomic mass is 16.1. The van der Waals surface area contributed by atoms with Gasteiger partial charge in [-0.1, -0.05) is 13.0 Å². The normalized spacial score (nSPS) is 17.6. The van der Waals surface area contributed by atoms with E-state index in [0.29, 0.717) is 18.2 Å². The van der Waals surface area contributed by atoms with Gasteiger partial charge in [-0.05, 0) is 43.9 Å². The molecule has 0 aromatic carbocycles. The van der Waals surface area contributed by atoms with E-state index >= 15 is 0 Å². The molecule has 1 N–H and O–H groups in total. The summed E-state index contributed by atoms with van der Waals surface area (Å²) in [6.07, 6.45) is 7.21. The largest absolute Gasteiger partial charge is 0.350 e. The van der Waals surface area contributed by atoms with Crippen LogP contribution in [0.2, 0.25) is 0 Å². The molecule has 1 atom stereocenters. The van der Waals surface area contributed by atoms with Crippen LogP contribution in [0.3, 0.4) is 0 Å². The minimum atomic E-state index is -0.150. The number of rotatable bonds is 6. The van der Waals surface area contributed by atoms with Crippen LogP contribution in [-0.4, -0.2) is 45.4 Å². The van der Waals surface area contributed by atoms with Crippen LogP contribution < -0.4 is 5.32 Å². The molecule has 25 heavy (non-hydrogen) atoms. The molecule has 6 heteroatoms. The van der Waals surface area contributed by atoms with E-state index in [0.717, 1.165) is 43.9 Å². The summed E-state index contributed by atoms with van der Waals surface area (Å²) in [5.74, 6) is 0.319. The molecule has 1 saturated heterocycles. The topological polar surface area (TPSA) is 71.0 Å². The van der Waals surface area contributed by atoms with E-state index in [1.807, 2.05) is 13.1 Å². The molecule has 132 valence electrons. The van der Waals surface area contributed by atoms with Crippen molar-refractivity contribution in [2.45, 2.75) is 33.2 Å².